The molecule has 120 valence electrons. The molecule has 0 amide bonds. The average Bonchev–Trinajstić information content (AvgIpc) is 2.91. The molecule has 2 aromatic rings. The lowest BCUT2D eigenvalue weighted by atomic mass is 9.97. The van der Waals surface area contributed by atoms with Crippen LogP contribution in [-0.4, -0.2) is 16.7 Å². The van der Waals surface area contributed by atoms with Crippen LogP contribution in [-0.2, 0) is 12.8 Å². The van der Waals surface area contributed by atoms with E-state index >= 15 is 0 Å². The lowest BCUT2D eigenvalue weighted by molar-refractivity contribution is 0.0982. The van der Waals surface area contributed by atoms with Crippen molar-refractivity contribution in [3.05, 3.63) is 67.4 Å². The second kappa shape index (κ2) is 6.39. The Hall–Kier alpha value is -2.16. The molecule has 0 heterocycles. The summed E-state index contributed by atoms with van der Waals surface area (Å²) in [5.74, 6) is -0.583. The number of Topliss-reactive ketones (excluding diaryl/α,β-unsaturated/α-hetero) is 2. The number of aromatic hydroxyl groups is 1. The number of hydrogen-bond donors (Lipinski definition) is 1. The Bertz CT molecular complexity index is 931. The molecule has 24 heavy (non-hydrogen) atoms. The Morgan fingerprint density at radius 3 is 2.83 bits per heavy atom. The van der Waals surface area contributed by atoms with Crippen LogP contribution in [0.2, 0.25) is 5.02 Å². The number of ketones is 2. The van der Waals surface area contributed by atoms with Gasteiger partial charge in [0.1, 0.15) is 5.75 Å². The third-order valence-corrected chi connectivity index (χ3v) is 5.37. The first-order valence-corrected chi connectivity index (χ1v) is 8.36. The van der Waals surface area contributed by atoms with Gasteiger partial charge in [-0.05, 0) is 51.7 Å². The van der Waals surface area contributed by atoms with Gasteiger partial charge < -0.3 is 5.11 Å². The molecule has 0 saturated heterocycles. The molecule has 0 unspecified atom stereocenters. The standard InChI is InChI=1S/C18H11BrClNO3/c1-21-17-10-5-6-14(22)12(10)7-9(18(17)24)8-15(23)11-3-2-4-13(19)16(11)20/h2-4,7,24H,5-6,8H2. The van der Waals surface area contributed by atoms with Gasteiger partial charge in [-0.25, -0.2) is 4.85 Å². The average molecular weight is 405 g/mol. The summed E-state index contributed by atoms with van der Waals surface area (Å²) in [7, 11) is 0. The molecule has 1 aliphatic rings. The maximum Gasteiger partial charge on any atom is 0.232 e. The number of carbonyl (C=O) groups is 2. The second-order valence-corrected chi connectivity index (χ2v) is 6.73. The zero-order valence-corrected chi connectivity index (χ0v) is 14.7. The summed E-state index contributed by atoms with van der Waals surface area (Å²) in [6, 6.07) is 6.54. The van der Waals surface area contributed by atoms with E-state index in [2.05, 4.69) is 20.8 Å². The largest absolute Gasteiger partial charge is 0.519 e. The molecule has 0 bridgehead atoms. The van der Waals surface area contributed by atoms with Crippen LogP contribution < -0.4 is 0 Å². The molecule has 0 spiro atoms. The molecule has 0 fully saturated rings. The zero-order chi connectivity index (χ0) is 17.4. The van der Waals surface area contributed by atoms with E-state index in [9.17, 15) is 14.7 Å². The van der Waals surface area contributed by atoms with Crippen LogP contribution in [0, 0.1) is 6.57 Å². The highest BCUT2D eigenvalue weighted by Gasteiger charge is 2.27. The maximum atomic E-state index is 12.5. The lowest BCUT2D eigenvalue weighted by Gasteiger charge is -2.11. The van der Waals surface area contributed by atoms with Crippen molar-refractivity contribution < 1.29 is 14.7 Å². The Balaban J connectivity index is 2.04. The normalized spacial score (nSPS) is 12.8. The lowest BCUT2D eigenvalue weighted by Crippen LogP contribution is -2.06. The van der Waals surface area contributed by atoms with Gasteiger partial charge in [0, 0.05) is 28.4 Å². The fourth-order valence-electron chi connectivity index (χ4n) is 2.87. The highest BCUT2D eigenvalue weighted by Crippen LogP contribution is 2.41. The number of phenolic OH excluding ortho intramolecular Hbond substituents is 1. The molecule has 0 radical (unpaired) electrons. The molecule has 4 nitrogen and oxygen atoms in total. The molecule has 0 aromatic heterocycles. The first kappa shape index (κ1) is 16.7. The van der Waals surface area contributed by atoms with Gasteiger partial charge in [-0.3, -0.25) is 9.59 Å². The van der Waals surface area contributed by atoms with Crippen LogP contribution >= 0.6 is 27.5 Å². The summed E-state index contributed by atoms with van der Waals surface area (Å²) in [4.78, 5) is 27.8. The van der Waals surface area contributed by atoms with Gasteiger partial charge in [0.25, 0.3) is 0 Å². The Labute approximate surface area is 152 Å². The van der Waals surface area contributed by atoms with Crippen molar-refractivity contribution in [2.24, 2.45) is 0 Å². The number of carbonyl (C=O) groups excluding carboxylic acids is 2. The van der Waals surface area contributed by atoms with Gasteiger partial charge in [-0.1, -0.05) is 17.7 Å². The minimum absolute atomic E-state index is 0.0657. The summed E-state index contributed by atoms with van der Waals surface area (Å²) >= 11 is 9.40. The molecule has 0 atom stereocenters. The van der Waals surface area contributed by atoms with Crippen molar-refractivity contribution in [2.75, 3.05) is 0 Å². The van der Waals surface area contributed by atoms with Crippen molar-refractivity contribution in [3.63, 3.8) is 0 Å². The van der Waals surface area contributed by atoms with E-state index in [4.69, 9.17) is 18.2 Å². The third kappa shape index (κ3) is 2.72. The number of phenols is 1. The molecule has 0 aliphatic heterocycles. The maximum absolute atomic E-state index is 12.5. The van der Waals surface area contributed by atoms with Gasteiger partial charge in [0.05, 0.1) is 11.6 Å². The fraction of sp³-hybridized carbons (Fsp3) is 0.167. The highest BCUT2D eigenvalue weighted by molar-refractivity contribution is 9.10. The van der Waals surface area contributed by atoms with E-state index in [1.165, 1.54) is 6.07 Å². The van der Waals surface area contributed by atoms with Crippen molar-refractivity contribution in [1.29, 1.82) is 0 Å². The summed E-state index contributed by atoms with van der Waals surface area (Å²) in [5.41, 5.74) is 1.67. The van der Waals surface area contributed by atoms with E-state index in [1.54, 1.807) is 18.2 Å². The van der Waals surface area contributed by atoms with E-state index in [0.717, 1.165) is 0 Å². The van der Waals surface area contributed by atoms with E-state index < -0.39 is 0 Å². The van der Waals surface area contributed by atoms with Crippen LogP contribution in [0.25, 0.3) is 4.85 Å². The molecular formula is C18H11BrClNO3. The van der Waals surface area contributed by atoms with Gasteiger partial charge in [0.15, 0.2) is 11.6 Å². The number of benzene rings is 2. The SMILES string of the molecule is [C-]#[N+]c1c(O)c(CC(=O)c2cccc(Br)c2Cl)cc2c1CCC2=O. The van der Waals surface area contributed by atoms with Gasteiger partial charge in [-0.15, -0.1) is 0 Å². The van der Waals surface area contributed by atoms with Crippen LogP contribution in [0.3, 0.4) is 0 Å². The predicted molar refractivity (Wildman–Crippen MR) is 94.2 cm³/mol. The molecule has 3 rings (SSSR count). The van der Waals surface area contributed by atoms with Gasteiger partial charge >= 0.3 is 0 Å². The number of halogens is 2. The Kier molecular flexibility index (Phi) is 4.44. The van der Waals surface area contributed by atoms with E-state index in [1.807, 2.05) is 0 Å². The smallest absolute Gasteiger partial charge is 0.232 e. The van der Waals surface area contributed by atoms with E-state index in [-0.39, 0.29) is 35.0 Å². The molecule has 0 saturated carbocycles. The van der Waals surface area contributed by atoms with Crippen LogP contribution in [0.4, 0.5) is 5.69 Å². The molecule has 6 heteroatoms. The first-order chi connectivity index (χ1) is 11.4. The Morgan fingerprint density at radius 2 is 2.12 bits per heavy atom. The molecule has 1 aliphatic carbocycles. The summed E-state index contributed by atoms with van der Waals surface area (Å²) in [6.07, 6.45) is 0.641. The zero-order valence-electron chi connectivity index (χ0n) is 12.4. The fourth-order valence-corrected chi connectivity index (χ4v) is 3.47. The van der Waals surface area contributed by atoms with Crippen molar-refractivity contribution in [3.8, 4) is 5.75 Å². The Morgan fingerprint density at radius 1 is 1.38 bits per heavy atom. The molecular weight excluding hydrogens is 394 g/mol. The van der Waals surface area contributed by atoms with Crippen molar-refractivity contribution in [1.82, 2.24) is 0 Å². The topological polar surface area (TPSA) is 58.7 Å². The molecule has 2 aromatic carbocycles. The number of rotatable bonds is 3. The van der Waals surface area contributed by atoms with Crippen LogP contribution in [0.1, 0.15) is 38.3 Å². The minimum atomic E-state index is -0.294. The summed E-state index contributed by atoms with van der Waals surface area (Å²) < 4.78 is 0.602. The van der Waals surface area contributed by atoms with E-state index in [0.29, 0.717) is 39.0 Å². The van der Waals surface area contributed by atoms with Crippen LogP contribution in [0.5, 0.6) is 5.75 Å². The minimum Gasteiger partial charge on any atom is -0.519 e. The quantitative estimate of drug-likeness (QED) is 0.584. The summed E-state index contributed by atoms with van der Waals surface area (Å²) in [6.45, 7) is 7.27. The highest BCUT2D eigenvalue weighted by atomic mass is 79.9. The third-order valence-electron chi connectivity index (χ3n) is 4.08. The summed E-state index contributed by atoms with van der Waals surface area (Å²) in [5, 5.41) is 10.6. The molecule has 1 N–H and O–H groups in total. The first-order valence-electron chi connectivity index (χ1n) is 7.19. The predicted octanol–water partition coefficient (Wildman–Crippen LogP) is 4.91. The van der Waals surface area contributed by atoms with Crippen molar-refractivity contribution in [2.45, 2.75) is 19.3 Å². The number of nitrogens with zero attached hydrogens (tertiary/aromatic N) is 1. The van der Waals surface area contributed by atoms with Gasteiger partial charge in [0.2, 0.25) is 5.69 Å². The van der Waals surface area contributed by atoms with Crippen LogP contribution in [0.15, 0.2) is 28.7 Å². The van der Waals surface area contributed by atoms with Gasteiger partial charge in [-0.2, -0.15) is 0 Å². The monoisotopic (exact) mass is 403 g/mol. The van der Waals surface area contributed by atoms with Crippen molar-refractivity contribution >= 4 is 44.8 Å². The second-order valence-electron chi connectivity index (χ2n) is 5.50. The number of hydrogen-bond acceptors (Lipinski definition) is 3. The number of fused-ring (bicyclic) bond motifs is 1.